The van der Waals surface area contributed by atoms with Crippen molar-refractivity contribution in [3.63, 3.8) is 0 Å². The maximum atomic E-state index is 12.1. The average molecular weight is 757 g/mol. The Balaban J connectivity index is 3.28. The zero-order chi connectivity index (χ0) is 39.1. The van der Waals surface area contributed by atoms with Crippen LogP contribution >= 0.6 is 0 Å². The highest BCUT2D eigenvalue weighted by Crippen LogP contribution is 2.15. The first-order valence-corrected chi connectivity index (χ1v) is 24.5. The van der Waals surface area contributed by atoms with Gasteiger partial charge in [0.1, 0.15) is 0 Å². The van der Waals surface area contributed by atoms with Gasteiger partial charge in [0.05, 0.1) is 0 Å². The second kappa shape index (κ2) is 47.6. The van der Waals surface area contributed by atoms with Crippen molar-refractivity contribution in [1.82, 2.24) is 10.6 Å². The normalized spacial score (nSPS) is 11.7. The van der Waals surface area contributed by atoms with Crippen LogP contribution in [0.4, 0.5) is 0 Å². The number of rotatable bonds is 45. The van der Waals surface area contributed by atoms with Crippen molar-refractivity contribution in [2.24, 2.45) is 0 Å². The molecule has 2 N–H and O–H groups in total. The zero-order valence-electron chi connectivity index (χ0n) is 36.8. The van der Waals surface area contributed by atoms with E-state index in [0.29, 0.717) is 25.9 Å². The molecule has 4 heteroatoms. The van der Waals surface area contributed by atoms with Gasteiger partial charge in [0, 0.05) is 25.9 Å². The van der Waals surface area contributed by atoms with Crippen LogP contribution in [0.1, 0.15) is 271 Å². The lowest BCUT2D eigenvalue weighted by atomic mass is 10.0. The van der Waals surface area contributed by atoms with Gasteiger partial charge in [-0.1, -0.05) is 218 Å². The fourth-order valence-electron chi connectivity index (χ4n) is 7.41. The van der Waals surface area contributed by atoms with Crippen LogP contribution in [-0.2, 0) is 9.59 Å². The summed E-state index contributed by atoms with van der Waals surface area (Å²) in [6, 6.07) is 0. The summed E-state index contributed by atoms with van der Waals surface area (Å²) in [5.41, 5.74) is 0. The third-order valence-electron chi connectivity index (χ3n) is 11.1. The molecule has 0 aromatic carbocycles. The van der Waals surface area contributed by atoms with Crippen LogP contribution in [0, 0.1) is 0 Å². The second-order valence-electron chi connectivity index (χ2n) is 16.6. The van der Waals surface area contributed by atoms with Gasteiger partial charge in [0.2, 0.25) is 11.8 Å². The molecule has 0 aliphatic carbocycles. The van der Waals surface area contributed by atoms with Gasteiger partial charge < -0.3 is 10.6 Å². The molecule has 0 aromatic heterocycles. The molecule has 0 radical (unpaired) electrons. The van der Waals surface area contributed by atoms with Crippen molar-refractivity contribution in [3.8, 4) is 0 Å². The van der Waals surface area contributed by atoms with Crippen LogP contribution in [-0.4, -0.2) is 24.9 Å². The first-order valence-electron chi connectivity index (χ1n) is 24.5. The van der Waals surface area contributed by atoms with Crippen molar-refractivity contribution >= 4 is 11.8 Å². The molecule has 0 bridgehead atoms. The molecular formula is C50H96N2O2. The third kappa shape index (κ3) is 46.6. The maximum absolute atomic E-state index is 12.1. The molecule has 0 fully saturated rings. The SMILES string of the molecule is CCCCCCCC/C=C\CCCCCCCCCCCCCC(=O)NCCNC(=O)CCCCCCCCCCCCC/C=C\CCCCCCCC. The van der Waals surface area contributed by atoms with Gasteiger partial charge in [-0.15, -0.1) is 0 Å². The van der Waals surface area contributed by atoms with Crippen LogP contribution in [0.5, 0.6) is 0 Å². The lowest BCUT2D eigenvalue weighted by Gasteiger charge is -2.07. The largest absolute Gasteiger partial charge is 0.354 e. The van der Waals surface area contributed by atoms with Gasteiger partial charge in [-0.2, -0.15) is 0 Å². The van der Waals surface area contributed by atoms with Crippen LogP contribution in [0.25, 0.3) is 0 Å². The van der Waals surface area contributed by atoms with E-state index in [0.717, 1.165) is 25.7 Å². The van der Waals surface area contributed by atoms with Crippen LogP contribution < -0.4 is 10.6 Å². The summed E-state index contributed by atoms with van der Waals surface area (Å²) < 4.78 is 0. The molecule has 0 unspecified atom stereocenters. The zero-order valence-corrected chi connectivity index (χ0v) is 36.8. The summed E-state index contributed by atoms with van der Waals surface area (Å²) in [5.74, 6) is 0.249. The number of nitrogens with one attached hydrogen (secondary N) is 2. The second-order valence-corrected chi connectivity index (χ2v) is 16.6. The molecule has 0 atom stereocenters. The Kier molecular flexibility index (Phi) is 46.2. The highest BCUT2D eigenvalue weighted by Gasteiger charge is 2.04. The van der Waals surface area contributed by atoms with Gasteiger partial charge >= 0.3 is 0 Å². The van der Waals surface area contributed by atoms with Crippen molar-refractivity contribution in [3.05, 3.63) is 24.3 Å². The smallest absolute Gasteiger partial charge is 0.220 e. The Labute approximate surface area is 339 Å². The van der Waals surface area contributed by atoms with E-state index in [-0.39, 0.29) is 11.8 Å². The molecule has 0 saturated heterocycles. The predicted molar refractivity (Wildman–Crippen MR) is 240 cm³/mol. The number of allylic oxidation sites excluding steroid dienone is 4. The topological polar surface area (TPSA) is 58.2 Å². The number of hydrogen-bond acceptors (Lipinski definition) is 2. The minimum atomic E-state index is 0.124. The van der Waals surface area contributed by atoms with Crippen molar-refractivity contribution in [2.75, 3.05) is 13.1 Å². The first kappa shape index (κ1) is 52.4. The third-order valence-corrected chi connectivity index (χ3v) is 11.1. The highest BCUT2D eigenvalue weighted by atomic mass is 16.2. The Morgan fingerprint density at radius 2 is 0.500 bits per heavy atom. The molecule has 0 aliphatic rings. The van der Waals surface area contributed by atoms with Crippen LogP contribution in [0.2, 0.25) is 0 Å². The fraction of sp³-hybridized carbons (Fsp3) is 0.880. The minimum absolute atomic E-state index is 0.124. The van der Waals surface area contributed by atoms with Gasteiger partial charge in [0.25, 0.3) is 0 Å². The summed E-state index contributed by atoms with van der Waals surface area (Å²) in [7, 11) is 0. The van der Waals surface area contributed by atoms with Crippen molar-refractivity contribution < 1.29 is 9.59 Å². The number of carbonyl (C=O) groups is 2. The van der Waals surface area contributed by atoms with Crippen LogP contribution in [0.3, 0.4) is 0 Å². The molecule has 0 saturated carbocycles. The van der Waals surface area contributed by atoms with Gasteiger partial charge in [0.15, 0.2) is 0 Å². The Bertz CT molecular complexity index is 740. The lowest BCUT2D eigenvalue weighted by molar-refractivity contribution is -0.123. The quantitative estimate of drug-likeness (QED) is 0.0480. The first-order chi connectivity index (χ1) is 26.7. The maximum Gasteiger partial charge on any atom is 0.220 e. The molecule has 0 heterocycles. The Morgan fingerprint density at radius 3 is 0.741 bits per heavy atom. The summed E-state index contributed by atoms with van der Waals surface area (Å²) in [6.07, 6.45) is 61.2. The van der Waals surface area contributed by atoms with Crippen molar-refractivity contribution in [2.45, 2.75) is 271 Å². The molecular weight excluding hydrogens is 661 g/mol. The summed E-state index contributed by atoms with van der Waals surface area (Å²) in [6.45, 7) is 5.65. The average Bonchev–Trinajstić information content (AvgIpc) is 3.17. The molecule has 0 aliphatic heterocycles. The van der Waals surface area contributed by atoms with Crippen LogP contribution in [0.15, 0.2) is 24.3 Å². The molecule has 0 aromatic rings. The lowest BCUT2D eigenvalue weighted by Crippen LogP contribution is -2.34. The van der Waals surface area contributed by atoms with Crippen molar-refractivity contribution in [1.29, 1.82) is 0 Å². The molecule has 54 heavy (non-hydrogen) atoms. The highest BCUT2D eigenvalue weighted by molar-refractivity contribution is 5.77. The number of hydrogen-bond donors (Lipinski definition) is 2. The van der Waals surface area contributed by atoms with E-state index >= 15 is 0 Å². The minimum Gasteiger partial charge on any atom is -0.354 e. The van der Waals surface area contributed by atoms with E-state index in [2.05, 4.69) is 48.8 Å². The Hall–Kier alpha value is -1.58. The summed E-state index contributed by atoms with van der Waals surface area (Å²) in [4.78, 5) is 24.3. The molecule has 318 valence electrons. The summed E-state index contributed by atoms with van der Waals surface area (Å²) in [5, 5.41) is 5.94. The van der Waals surface area contributed by atoms with E-state index in [1.807, 2.05) is 0 Å². The molecule has 4 nitrogen and oxygen atoms in total. The van der Waals surface area contributed by atoms with Gasteiger partial charge in [-0.05, 0) is 64.2 Å². The van der Waals surface area contributed by atoms with Gasteiger partial charge in [-0.25, -0.2) is 0 Å². The van der Waals surface area contributed by atoms with E-state index in [9.17, 15) is 9.59 Å². The summed E-state index contributed by atoms with van der Waals surface area (Å²) >= 11 is 0. The van der Waals surface area contributed by atoms with Gasteiger partial charge in [-0.3, -0.25) is 9.59 Å². The Morgan fingerprint density at radius 1 is 0.296 bits per heavy atom. The molecule has 0 rings (SSSR count). The predicted octanol–water partition coefficient (Wildman–Crippen LogP) is 16.0. The number of amides is 2. The van der Waals surface area contributed by atoms with E-state index in [4.69, 9.17) is 0 Å². The van der Waals surface area contributed by atoms with E-state index in [1.165, 1.54) is 218 Å². The fourth-order valence-corrected chi connectivity index (χ4v) is 7.41. The number of carbonyl (C=O) groups excluding carboxylic acids is 2. The monoisotopic (exact) mass is 757 g/mol. The standard InChI is InChI=1S/C50H96N2O2/c1-3-5-7-9-11-13-15-17-19-21-23-25-27-29-31-33-35-37-39-41-43-45-49(53)51-47-48-52-50(54)46-44-42-40-38-36-34-32-30-28-26-24-22-20-18-16-14-12-10-8-6-4-2/h17-20H,3-16,21-48H2,1-2H3,(H,51,53)(H,52,54)/b19-17-,20-18-. The molecule has 0 spiro atoms. The van der Waals surface area contributed by atoms with E-state index < -0.39 is 0 Å². The number of unbranched alkanes of at least 4 members (excludes halogenated alkanes) is 34. The van der Waals surface area contributed by atoms with E-state index in [1.54, 1.807) is 0 Å². The molecule has 2 amide bonds.